The molecular formula is C15H20N2S. The maximum Gasteiger partial charge on any atom is 0.0328 e. The van der Waals surface area contributed by atoms with Crippen molar-refractivity contribution in [2.45, 2.75) is 26.6 Å². The molecule has 0 aliphatic heterocycles. The fourth-order valence-corrected chi connectivity index (χ4v) is 2.86. The smallest absolute Gasteiger partial charge is 0.0328 e. The highest BCUT2D eigenvalue weighted by Crippen LogP contribution is 2.16. The van der Waals surface area contributed by atoms with Crippen molar-refractivity contribution >= 4 is 11.3 Å². The Morgan fingerprint density at radius 3 is 2.67 bits per heavy atom. The molecule has 0 amide bonds. The van der Waals surface area contributed by atoms with Gasteiger partial charge in [0.05, 0.1) is 0 Å². The van der Waals surface area contributed by atoms with E-state index in [4.69, 9.17) is 5.73 Å². The molecule has 0 aliphatic rings. The van der Waals surface area contributed by atoms with Crippen molar-refractivity contribution in [3.05, 3.63) is 57.3 Å². The standard InChI is InChI=1S/C15H20N2S/c1-12-8-13(9-16)5-6-14(12)10-17(2)11-15-4-3-7-18-15/h3-8H,9-11,16H2,1-2H3. The van der Waals surface area contributed by atoms with E-state index < -0.39 is 0 Å². The van der Waals surface area contributed by atoms with Crippen molar-refractivity contribution < 1.29 is 0 Å². The molecule has 0 bridgehead atoms. The van der Waals surface area contributed by atoms with Gasteiger partial charge in [-0.1, -0.05) is 24.3 Å². The van der Waals surface area contributed by atoms with Crippen LogP contribution in [0.25, 0.3) is 0 Å². The summed E-state index contributed by atoms with van der Waals surface area (Å²) in [7, 11) is 2.16. The lowest BCUT2D eigenvalue weighted by atomic mass is 10.0. The molecule has 0 unspecified atom stereocenters. The van der Waals surface area contributed by atoms with Gasteiger partial charge in [0.1, 0.15) is 0 Å². The van der Waals surface area contributed by atoms with Crippen LogP contribution in [0.4, 0.5) is 0 Å². The summed E-state index contributed by atoms with van der Waals surface area (Å²) in [5.41, 5.74) is 9.57. The molecule has 1 heterocycles. The molecule has 3 heteroatoms. The van der Waals surface area contributed by atoms with Crippen molar-refractivity contribution in [1.82, 2.24) is 4.90 Å². The third kappa shape index (κ3) is 3.42. The Labute approximate surface area is 113 Å². The number of aryl methyl sites for hydroxylation is 1. The molecule has 0 fully saturated rings. The molecule has 2 nitrogen and oxygen atoms in total. The van der Waals surface area contributed by atoms with Crippen LogP contribution < -0.4 is 5.73 Å². The number of nitrogens with two attached hydrogens (primary N) is 1. The molecule has 0 radical (unpaired) electrons. The second-order valence-electron chi connectivity index (χ2n) is 4.72. The number of hydrogen-bond acceptors (Lipinski definition) is 3. The lowest BCUT2D eigenvalue weighted by Crippen LogP contribution is -2.17. The fourth-order valence-electron chi connectivity index (χ4n) is 2.08. The van der Waals surface area contributed by atoms with Gasteiger partial charge in [-0.3, -0.25) is 4.90 Å². The second-order valence-corrected chi connectivity index (χ2v) is 5.75. The molecule has 0 atom stereocenters. The van der Waals surface area contributed by atoms with Crippen LogP contribution in [0.2, 0.25) is 0 Å². The van der Waals surface area contributed by atoms with Gasteiger partial charge in [-0.25, -0.2) is 0 Å². The van der Waals surface area contributed by atoms with Gasteiger partial charge in [0.2, 0.25) is 0 Å². The van der Waals surface area contributed by atoms with Crippen molar-refractivity contribution in [3.8, 4) is 0 Å². The fraction of sp³-hybridized carbons (Fsp3) is 0.333. The van der Waals surface area contributed by atoms with Crippen molar-refractivity contribution in [2.24, 2.45) is 5.73 Å². The predicted octanol–water partition coefficient (Wildman–Crippen LogP) is 3.15. The first-order valence-corrected chi connectivity index (χ1v) is 7.06. The number of hydrogen-bond donors (Lipinski definition) is 1. The quantitative estimate of drug-likeness (QED) is 0.895. The summed E-state index contributed by atoms with van der Waals surface area (Å²) in [6.45, 7) is 4.77. The van der Waals surface area contributed by atoms with Crippen LogP contribution in [-0.4, -0.2) is 11.9 Å². The first-order valence-electron chi connectivity index (χ1n) is 6.18. The van der Waals surface area contributed by atoms with E-state index in [0.29, 0.717) is 6.54 Å². The van der Waals surface area contributed by atoms with E-state index in [9.17, 15) is 0 Å². The Hall–Kier alpha value is -1.16. The van der Waals surface area contributed by atoms with E-state index in [1.54, 1.807) is 0 Å². The topological polar surface area (TPSA) is 29.3 Å². The Morgan fingerprint density at radius 2 is 2.06 bits per heavy atom. The van der Waals surface area contributed by atoms with Gasteiger partial charge in [-0.2, -0.15) is 0 Å². The summed E-state index contributed by atoms with van der Waals surface area (Å²) >= 11 is 1.81. The molecule has 1 aromatic heterocycles. The molecule has 2 aromatic rings. The van der Waals surface area contributed by atoms with Crippen molar-refractivity contribution in [2.75, 3.05) is 7.05 Å². The van der Waals surface area contributed by atoms with E-state index >= 15 is 0 Å². The van der Waals surface area contributed by atoms with Crippen molar-refractivity contribution in [3.63, 3.8) is 0 Å². The predicted molar refractivity (Wildman–Crippen MR) is 78.6 cm³/mol. The lowest BCUT2D eigenvalue weighted by molar-refractivity contribution is 0.321. The van der Waals surface area contributed by atoms with Gasteiger partial charge >= 0.3 is 0 Å². The molecule has 0 saturated heterocycles. The van der Waals surface area contributed by atoms with Crippen LogP contribution in [0.3, 0.4) is 0 Å². The number of rotatable bonds is 5. The van der Waals surface area contributed by atoms with Gasteiger partial charge in [0.25, 0.3) is 0 Å². The first-order chi connectivity index (χ1) is 8.69. The molecule has 2 N–H and O–H groups in total. The molecule has 0 spiro atoms. The van der Waals surface area contributed by atoms with E-state index in [2.05, 4.69) is 54.6 Å². The van der Waals surface area contributed by atoms with Gasteiger partial charge in [0.15, 0.2) is 0 Å². The Kier molecular flexibility index (Phi) is 4.53. The molecule has 1 aromatic carbocycles. The lowest BCUT2D eigenvalue weighted by Gasteiger charge is -2.17. The van der Waals surface area contributed by atoms with Crippen molar-refractivity contribution in [1.29, 1.82) is 0 Å². The minimum atomic E-state index is 0.617. The van der Waals surface area contributed by atoms with Crippen LogP contribution in [0.15, 0.2) is 35.7 Å². The summed E-state index contributed by atoms with van der Waals surface area (Å²) < 4.78 is 0. The highest BCUT2D eigenvalue weighted by molar-refractivity contribution is 7.09. The third-order valence-electron chi connectivity index (χ3n) is 3.09. The van der Waals surface area contributed by atoms with Crippen LogP contribution in [0.1, 0.15) is 21.6 Å². The van der Waals surface area contributed by atoms with Gasteiger partial charge in [0, 0.05) is 24.5 Å². The largest absolute Gasteiger partial charge is 0.326 e. The highest BCUT2D eigenvalue weighted by atomic mass is 32.1. The zero-order valence-electron chi connectivity index (χ0n) is 11.0. The average molecular weight is 260 g/mol. The monoisotopic (exact) mass is 260 g/mol. The average Bonchev–Trinajstić information content (AvgIpc) is 2.84. The maximum atomic E-state index is 5.65. The van der Waals surface area contributed by atoms with Crippen LogP contribution in [-0.2, 0) is 19.6 Å². The Morgan fingerprint density at radius 1 is 1.22 bits per heavy atom. The molecule has 18 heavy (non-hydrogen) atoms. The number of nitrogens with zero attached hydrogens (tertiary/aromatic N) is 1. The van der Waals surface area contributed by atoms with Crippen LogP contribution in [0, 0.1) is 6.92 Å². The van der Waals surface area contributed by atoms with Crippen LogP contribution in [0.5, 0.6) is 0 Å². The summed E-state index contributed by atoms with van der Waals surface area (Å²) in [5, 5.41) is 2.13. The minimum Gasteiger partial charge on any atom is -0.326 e. The minimum absolute atomic E-state index is 0.617. The SMILES string of the molecule is Cc1cc(CN)ccc1CN(C)Cc1cccs1. The molecular weight excluding hydrogens is 240 g/mol. The second kappa shape index (κ2) is 6.14. The maximum absolute atomic E-state index is 5.65. The summed E-state index contributed by atoms with van der Waals surface area (Å²) in [5.74, 6) is 0. The van der Waals surface area contributed by atoms with E-state index in [0.717, 1.165) is 13.1 Å². The van der Waals surface area contributed by atoms with Gasteiger partial charge in [-0.05, 0) is 42.1 Å². The molecule has 96 valence electrons. The summed E-state index contributed by atoms with van der Waals surface area (Å²) in [4.78, 5) is 3.75. The normalized spacial score (nSPS) is 11.1. The van der Waals surface area contributed by atoms with E-state index in [1.165, 1.54) is 21.6 Å². The van der Waals surface area contributed by atoms with Gasteiger partial charge < -0.3 is 5.73 Å². The summed E-state index contributed by atoms with van der Waals surface area (Å²) in [6.07, 6.45) is 0. The highest BCUT2D eigenvalue weighted by Gasteiger charge is 2.05. The zero-order chi connectivity index (χ0) is 13.0. The van der Waals surface area contributed by atoms with Gasteiger partial charge in [-0.15, -0.1) is 11.3 Å². The number of benzene rings is 1. The third-order valence-corrected chi connectivity index (χ3v) is 3.95. The van der Waals surface area contributed by atoms with E-state index in [-0.39, 0.29) is 0 Å². The van der Waals surface area contributed by atoms with Crippen LogP contribution >= 0.6 is 11.3 Å². The Bertz CT molecular complexity index is 491. The Balaban J connectivity index is 2.00. The summed E-state index contributed by atoms with van der Waals surface area (Å²) in [6, 6.07) is 10.8. The molecule has 2 rings (SSSR count). The van der Waals surface area contributed by atoms with E-state index in [1.807, 2.05) is 11.3 Å². The number of thiophene rings is 1. The first kappa shape index (κ1) is 13.3. The zero-order valence-corrected chi connectivity index (χ0v) is 11.8. The molecule has 0 aliphatic carbocycles. The molecule has 0 saturated carbocycles.